The van der Waals surface area contributed by atoms with Crippen molar-refractivity contribution in [3.63, 3.8) is 0 Å². The lowest BCUT2D eigenvalue weighted by molar-refractivity contribution is -0.130. The fourth-order valence-electron chi connectivity index (χ4n) is 4.29. The summed E-state index contributed by atoms with van der Waals surface area (Å²) in [5, 5.41) is 0. The smallest absolute Gasteiger partial charge is 0.325 e. The van der Waals surface area contributed by atoms with E-state index in [0.29, 0.717) is 49.9 Å². The van der Waals surface area contributed by atoms with Gasteiger partial charge in [0.2, 0.25) is 11.8 Å². The van der Waals surface area contributed by atoms with E-state index in [9.17, 15) is 9.59 Å². The van der Waals surface area contributed by atoms with Crippen LogP contribution in [0.1, 0.15) is 6.42 Å². The van der Waals surface area contributed by atoms with Crippen molar-refractivity contribution in [3.05, 3.63) is 54.7 Å². The number of nitrogens with zero attached hydrogens (tertiary/aromatic N) is 5. The van der Waals surface area contributed by atoms with Gasteiger partial charge >= 0.3 is 6.03 Å². The molecule has 3 aromatic rings. The van der Waals surface area contributed by atoms with E-state index in [2.05, 4.69) is 9.97 Å². The van der Waals surface area contributed by atoms with E-state index in [0.717, 1.165) is 11.0 Å². The number of aromatic nitrogens is 2. The molecule has 9 nitrogen and oxygen atoms in total. The maximum absolute atomic E-state index is 12.9. The number of hydrogen-bond acceptors (Lipinski definition) is 6. The minimum atomic E-state index is -0.189. The number of fused-ring (bicyclic) bond motifs is 1. The summed E-state index contributed by atoms with van der Waals surface area (Å²) in [5.74, 6) is 1.01. The Morgan fingerprint density at radius 2 is 1.85 bits per heavy atom. The fraction of sp³-hybridized carbons (Fsp3) is 0.333. The minimum absolute atomic E-state index is 0.0486. The van der Waals surface area contributed by atoms with Crippen LogP contribution in [0.4, 0.5) is 10.5 Å². The third-order valence-corrected chi connectivity index (χ3v) is 6.01. The SMILES string of the molecule is COc1ccccc1N1CCN(CC(=O)N2CCC(Oc3cnc4ccccc4n3)C2)C1=O. The van der Waals surface area contributed by atoms with Crippen molar-refractivity contribution in [2.75, 3.05) is 44.7 Å². The number of para-hydroxylation sites is 4. The summed E-state index contributed by atoms with van der Waals surface area (Å²) < 4.78 is 11.4. The van der Waals surface area contributed by atoms with Gasteiger partial charge in [0.1, 0.15) is 18.4 Å². The normalized spacial score (nSPS) is 18.3. The van der Waals surface area contributed by atoms with Crippen LogP contribution in [0.2, 0.25) is 0 Å². The van der Waals surface area contributed by atoms with Crippen LogP contribution in [0.15, 0.2) is 54.7 Å². The summed E-state index contributed by atoms with van der Waals surface area (Å²) in [5.41, 5.74) is 2.30. The highest BCUT2D eigenvalue weighted by Gasteiger charge is 2.35. The van der Waals surface area contributed by atoms with Gasteiger partial charge in [0, 0.05) is 26.1 Å². The van der Waals surface area contributed by atoms with Crippen LogP contribution >= 0.6 is 0 Å². The molecule has 5 rings (SSSR count). The van der Waals surface area contributed by atoms with Crippen LogP contribution in [-0.2, 0) is 4.79 Å². The Hall–Kier alpha value is -3.88. The number of benzene rings is 2. The molecule has 0 aliphatic carbocycles. The lowest BCUT2D eigenvalue weighted by Gasteiger charge is -2.22. The second-order valence-corrected chi connectivity index (χ2v) is 8.09. The standard InChI is InChI=1S/C24H25N5O4/c1-32-21-9-5-4-8-20(21)29-13-12-28(24(29)31)16-23(30)27-11-10-17(15-27)33-22-14-25-18-6-2-3-7-19(18)26-22/h2-9,14,17H,10-13,15-16H2,1H3. The van der Waals surface area contributed by atoms with E-state index >= 15 is 0 Å². The molecule has 0 radical (unpaired) electrons. The summed E-state index contributed by atoms with van der Waals surface area (Å²) in [7, 11) is 1.58. The molecule has 2 aliphatic rings. The van der Waals surface area contributed by atoms with Crippen molar-refractivity contribution >= 4 is 28.7 Å². The Balaban J connectivity index is 1.17. The van der Waals surface area contributed by atoms with Gasteiger partial charge in [-0.3, -0.25) is 9.69 Å². The van der Waals surface area contributed by atoms with Gasteiger partial charge in [0.05, 0.1) is 36.6 Å². The Labute approximate surface area is 191 Å². The Morgan fingerprint density at radius 1 is 1.06 bits per heavy atom. The number of urea groups is 1. The van der Waals surface area contributed by atoms with Gasteiger partial charge in [-0.2, -0.15) is 0 Å². The summed E-state index contributed by atoms with van der Waals surface area (Å²) in [6.07, 6.45) is 2.17. The molecule has 1 atom stereocenters. The largest absolute Gasteiger partial charge is 0.495 e. The van der Waals surface area contributed by atoms with Crippen LogP contribution in [0.5, 0.6) is 11.6 Å². The second-order valence-electron chi connectivity index (χ2n) is 8.09. The molecule has 3 amide bonds. The molecule has 3 heterocycles. The molecular formula is C24H25N5O4. The third kappa shape index (κ3) is 4.26. The molecule has 9 heteroatoms. The zero-order chi connectivity index (χ0) is 22.8. The van der Waals surface area contributed by atoms with Crippen LogP contribution in [0.25, 0.3) is 11.0 Å². The van der Waals surface area contributed by atoms with Crippen molar-refractivity contribution < 1.29 is 19.1 Å². The van der Waals surface area contributed by atoms with Gasteiger partial charge in [0.25, 0.3) is 0 Å². The lowest BCUT2D eigenvalue weighted by Crippen LogP contribution is -2.42. The molecule has 0 spiro atoms. The Morgan fingerprint density at radius 3 is 2.70 bits per heavy atom. The van der Waals surface area contributed by atoms with Crippen LogP contribution in [-0.4, -0.2) is 77.6 Å². The fourth-order valence-corrected chi connectivity index (χ4v) is 4.29. The number of carbonyl (C=O) groups is 2. The average Bonchev–Trinajstić information content (AvgIpc) is 3.46. The number of carbonyl (C=O) groups excluding carboxylic acids is 2. The highest BCUT2D eigenvalue weighted by molar-refractivity contribution is 5.97. The van der Waals surface area contributed by atoms with Gasteiger partial charge in [-0.1, -0.05) is 24.3 Å². The van der Waals surface area contributed by atoms with Crippen molar-refractivity contribution in [1.82, 2.24) is 19.8 Å². The highest BCUT2D eigenvalue weighted by atomic mass is 16.5. The second kappa shape index (κ2) is 8.93. The molecule has 170 valence electrons. The first-order valence-electron chi connectivity index (χ1n) is 11.0. The van der Waals surface area contributed by atoms with E-state index in [1.165, 1.54) is 0 Å². The van der Waals surface area contributed by atoms with Crippen molar-refractivity contribution in [3.8, 4) is 11.6 Å². The predicted molar refractivity (Wildman–Crippen MR) is 122 cm³/mol. The molecule has 2 aromatic carbocycles. The molecule has 2 aliphatic heterocycles. The number of likely N-dealkylation sites (tertiary alicyclic amines) is 1. The predicted octanol–water partition coefficient (Wildman–Crippen LogP) is 2.56. The maximum atomic E-state index is 12.9. The quantitative estimate of drug-likeness (QED) is 0.577. The van der Waals surface area contributed by atoms with E-state index < -0.39 is 0 Å². The first kappa shape index (κ1) is 21.0. The lowest BCUT2D eigenvalue weighted by atomic mass is 10.2. The van der Waals surface area contributed by atoms with Crippen LogP contribution in [0, 0.1) is 0 Å². The number of ether oxygens (including phenoxy) is 2. The first-order valence-corrected chi connectivity index (χ1v) is 11.0. The van der Waals surface area contributed by atoms with E-state index in [4.69, 9.17) is 9.47 Å². The van der Waals surface area contributed by atoms with Crippen molar-refractivity contribution in [1.29, 1.82) is 0 Å². The molecular weight excluding hydrogens is 422 g/mol. The van der Waals surface area contributed by atoms with E-state index in [1.54, 1.807) is 28.0 Å². The number of amides is 3. The number of rotatable bonds is 6. The van der Waals surface area contributed by atoms with Crippen LogP contribution in [0.3, 0.4) is 0 Å². The highest BCUT2D eigenvalue weighted by Crippen LogP contribution is 2.30. The summed E-state index contributed by atoms with van der Waals surface area (Å²) in [4.78, 5) is 39.7. The minimum Gasteiger partial charge on any atom is -0.495 e. The number of hydrogen-bond donors (Lipinski definition) is 0. The average molecular weight is 447 g/mol. The van der Waals surface area contributed by atoms with Crippen molar-refractivity contribution in [2.24, 2.45) is 0 Å². The Bertz CT molecular complexity index is 1190. The molecule has 2 saturated heterocycles. The molecule has 0 N–H and O–H groups in total. The zero-order valence-corrected chi connectivity index (χ0v) is 18.4. The van der Waals surface area contributed by atoms with Crippen LogP contribution < -0.4 is 14.4 Å². The number of anilines is 1. The Kier molecular flexibility index (Phi) is 5.68. The van der Waals surface area contributed by atoms with Gasteiger partial charge in [-0.05, 0) is 24.3 Å². The van der Waals surface area contributed by atoms with Gasteiger partial charge < -0.3 is 19.3 Å². The first-order chi connectivity index (χ1) is 16.1. The molecule has 1 unspecified atom stereocenters. The summed E-state index contributed by atoms with van der Waals surface area (Å²) >= 11 is 0. The number of methoxy groups -OCH3 is 1. The van der Waals surface area contributed by atoms with E-state index in [-0.39, 0.29) is 24.6 Å². The zero-order valence-electron chi connectivity index (χ0n) is 18.4. The van der Waals surface area contributed by atoms with Gasteiger partial charge in [-0.15, -0.1) is 0 Å². The monoisotopic (exact) mass is 447 g/mol. The topological polar surface area (TPSA) is 88.1 Å². The summed E-state index contributed by atoms with van der Waals surface area (Å²) in [6, 6.07) is 14.8. The third-order valence-electron chi connectivity index (χ3n) is 6.01. The maximum Gasteiger partial charge on any atom is 0.325 e. The molecule has 1 aromatic heterocycles. The van der Waals surface area contributed by atoms with E-state index in [1.807, 2.05) is 48.5 Å². The van der Waals surface area contributed by atoms with Crippen molar-refractivity contribution in [2.45, 2.75) is 12.5 Å². The summed E-state index contributed by atoms with van der Waals surface area (Å²) in [6.45, 7) is 2.10. The molecule has 2 fully saturated rings. The molecule has 0 saturated carbocycles. The molecule has 33 heavy (non-hydrogen) atoms. The van der Waals surface area contributed by atoms with Gasteiger partial charge in [0.15, 0.2) is 0 Å². The van der Waals surface area contributed by atoms with Gasteiger partial charge in [-0.25, -0.2) is 14.8 Å². The molecule has 0 bridgehead atoms.